The minimum absolute atomic E-state index is 0.0380. The summed E-state index contributed by atoms with van der Waals surface area (Å²) in [4.78, 5) is 15.8. The van der Waals surface area contributed by atoms with Crippen LogP contribution in [-0.2, 0) is 16.1 Å². The number of quaternary nitrogens is 1. The predicted molar refractivity (Wildman–Crippen MR) is 109 cm³/mol. The number of hydrogen-bond donors (Lipinski definition) is 2. The summed E-state index contributed by atoms with van der Waals surface area (Å²) in [7, 11) is 2.05. The van der Waals surface area contributed by atoms with Gasteiger partial charge < -0.3 is 19.9 Å². The zero-order valence-corrected chi connectivity index (χ0v) is 16.5. The molecule has 3 rings (SSSR count). The second-order valence-electron chi connectivity index (χ2n) is 7.50. The van der Waals surface area contributed by atoms with Gasteiger partial charge in [0.05, 0.1) is 20.3 Å². The van der Waals surface area contributed by atoms with Crippen LogP contribution in [0.2, 0.25) is 0 Å². The molecule has 0 aliphatic carbocycles. The molecule has 2 aromatic carbocycles. The van der Waals surface area contributed by atoms with Gasteiger partial charge in [0.15, 0.2) is 6.54 Å². The average Bonchev–Trinajstić information content (AvgIpc) is 2.62. The van der Waals surface area contributed by atoms with Gasteiger partial charge in [0.25, 0.3) is 5.91 Å². The summed E-state index contributed by atoms with van der Waals surface area (Å²) in [5, 5.41) is 3.01. The van der Waals surface area contributed by atoms with Crippen LogP contribution in [0.15, 0.2) is 42.5 Å². The molecular formula is C22H30N3O2+. The molecule has 1 aliphatic heterocycles. The number of anilines is 2. The molecule has 2 N–H and O–H groups in total. The number of aryl methyl sites for hydroxylation is 2. The van der Waals surface area contributed by atoms with Crippen molar-refractivity contribution in [2.45, 2.75) is 20.4 Å². The van der Waals surface area contributed by atoms with Gasteiger partial charge in [-0.2, -0.15) is 0 Å². The van der Waals surface area contributed by atoms with Crippen LogP contribution in [0.1, 0.15) is 16.7 Å². The van der Waals surface area contributed by atoms with Crippen LogP contribution in [0.3, 0.4) is 0 Å². The third-order valence-electron chi connectivity index (χ3n) is 4.78. The van der Waals surface area contributed by atoms with Gasteiger partial charge in [0, 0.05) is 30.0 Å². The number of ether oxygens (including phenoxy) is 1. The Morgan fingerprint density at radius 3 is 2.33 bits per heavy atom. The molecule has 1 unspecified atom stereocenters. The summed E-state index contributed by atoms with van der Waals surface area (Å²) < 4.78 is 5.39. The number of rotatable bonds is 6. The summed E-state index contributed by atoms with van der Waals surface area (Å²) in [6, 6.07) is 14.6. The molecule has 1 fully saturated rings. The number of amides is 1. The molecular weight excluding hydrogens is 338 g/mol. The third-order valence-corrected chi connectivity index (χ3v) is 4.78. The van der Waals surface area contributed by atoms with Gasteiger partial charge >= 0.3 is 0 Å². The Balaban J connectivity index is 1.50. The smallest absolute Gasteiger partial charge is 0.279 e. The van der Waals surface area contributed by atoms with E-state index < -0.39 is 0 Å². The normalized spacial score (nSPS) is 15.4. The molecule has 0 aromatic heterocycles. The highest BCUT2D eigenvalue weighted by molar-refractivity contribution is 5.91. The van der Waals surface area contributed by atoms with Gasteiger partial charge in [0.2, 0.25) is 0 Å². The second-order valence-corrected chi connectivity index (χ2v) is 7.50. The van der Waals surface area contributed by atoms with E-state index in [2.05, 4.69) is 61.4 Å². The lowest BCUT2D eigenvalue weighted by molar-refractivity contribution is -0.885. The minimum atomic E-state index is 0.0380. The van der Waals surface area contributed by atoms with Crippen LogP contribution in [0, 0.1) is 13.8 Å². The third kappa shape index (κ3) is 5.81. The van der Waals surface area contributed by atoms with E-state index in [1.54, 1.807) is 0 Å². The number of benzene rings is 2. The van der Waals surface area contributed by atoms with Crippen molar-refractivity contribution in [2.24, 2.45) is 0 Å². The molecule has 0 radical (unpaired) electrons. The van der Waals surface area contributed by atoms with E-state index in [1.165, 1.54) is 27.3 Å². The first-order valence-corrected chi connectivity index (χ1v) is 9.61. The molecule has 5 nitrogen and oxygen atoms in total. The molecule has 0 saturated carbocycles. The van der Waals surface area contributed by atoms with Crippen LogP contribution >= 0.6 is 0 Å². The van der Waals surface area contributed by atoms with Crippen molar-refractivity contribution in [3.63, 3.8) is 0 Å². The number of likely N-dealkylation sites (N-methyl/N-ethyl adjacent to an activating group) is 1. The number of hydrogen-bond acceptors (Lipinski definition) is 3. The first kappa shape index (κ1) is 19.4. The van der Waals surface area contributed by atoms with Crippen LogP contribution in [0.5, 0.6) is 0 Å². The molecule has 1 amide bonds. The molecule has 2 aromatic rings. The van der Waals surface area contributed by atoms with Gasteiger partial charge in [-0.1, -0.05) is 29.3 Å². The van der Waals surface area contributed by atoms with Crippen molar-refractivity contribution in [1.29, 1.82) is 0 Å². The maximum absolute atomic E-state index is 12.4. The lowest BCUT2D eigenvalue weighted by Gasteiger charge is -2.28. The fraction of sp³-hybridized carbons (Fsp3) is 0.409. The Labute approximate surface area is 161 Å². The van der Waals surface area contributed by atoms with Crippen molar-refractivity contribution in [3.05, 3.63) is 59.2 Å². The van der Waals surface area contributed by atoms with Crippen molar-refractivity contribution in [1.82, 2.24) is 0 Å². The number of carbonyl (C=O) groups is 1. The van der Waals surface area contributed by atoms with Crippen molar-refractivity contribution in [3.8, 4) is 0 Å². The summed E-state index contributed by atoms with van der Waals surface area (Å²) in [6.07, 6.45) is 0. The van der Waals surface area contributed by atoms with E-state index in [0.29, 0.717) is 6.54 Å². The van der Waals surface area contributed by atoms with Gasteiger partial charge in [-0.15, -0.1) is 0 Å². The zero-order valence-electron chi connectivity index (χ0n) is 16.5. The van der Waals surface area contributed by atoms with Gasteiger partial charge in [-0.25, -0.2) is 0 Å². The number of nitrogens with zero attached hydrogens (tertiary/aromatic N) is 1. The SMILES string of the molecule is Cc1cc(C)cc(C[NH+](C)CC(=O)Nc2ccc(N3CCOCC3)cc2)c1. The summed E-state index contributed by atoms with van der Waals surface area (Å²) >= 11 is 0. The molecule has 1 saturated heterocycles. The summed E-state index contributed by atoms with van der Waals surface area (Å²) in [5.74, 6) is 0.0380. The number of morpholine rings is 1. The van der Waals surface area contributed by atoms with Gasteiger partial charge in [0.1, 0.15) is 6.54 Å². The van der Waals surface area contributed by atoms with E-state index in [0.717, 1.165) is 38.5 Å². The van der Waals surface area contributed by atoms with Crippen LogP contribution in [0.25, 0.3) is 0 Å². The van der Waals surface area contributed by atoms with E-state index >= 15 is 0 Å². The summed E-state index contributed by atoms with van der Waals surface area (Å²) in [5.41, 5.74) is 5.82. The predicted octanol–water partition coefficient (Wildman–Crippen LogP) is 1.79. The lowest BCUT2D eigenvalue weighted by Crippen LogP contribution is -3.08. The van der Waals surface area contributed by atoms with Crippen LogP contribution in [0.4, 0.5) is 11.4 Å². The standard InChI is InChI=1S/C22H29N3O2/c1-17-12-18(2)14-19(13-17)15-24(3)16-22(26)23-20-4-6-21(7-5-20)25-8-10-27-11-9-25/h4-7,12-14H,8-11,15-16H2,1-3H3,(H,23,26)/p+1. The molecule has 1 atom stereocenters. The molecule has 0 bridgehead atoms. The highest BCUT2D eigenvalue weighted by Gasteiger charge is 2.13. The van der Waals surface area contributed by atoms with Crippen LogP contribution in [-0.4, -0.2) is 45.8 Å². The Morgan fingerprint density at radius 2 is 1.70 bits per heavy atom. The topological polar surface area (TPSA) is 46.0 Å². The first-order chi connectivity index (χ1) is 13.0. The molecule has 1 aliphatic rings. The van der Waals surface area contributed by atoms with E-state index in [-0.39, 0.29) is 5.91 Å². The molecule has 5 heteroatoms. The van der Waals surface area contributed by atoms with Crippen molar-refractivity contribution >= 4 is 17.3 Å². The molecule has 1 heterocycles. The fourth-order valence-corrected chi connectivity index (χ4v) is 3.64. The van der Waals surface area contributed by atoms with Gasteiger partial charge in [-0.05, 0) is 38.1 Å². The first-order valence-electron chi connectivity index (χ1n) is 9.61. The second kappa shape index (κ2) is 9.02. The maximum Gasteiger partial charge on any atom is 0.279 e. The molecule has 27 heavy (non-hydrogen) atoms. The highest BCUT2D eigenvalue weighted by Crippen LogP contribution is 2.18. The minimum Gasteiger partial charge on any atom is -0.378 e. The Kier molecular flexibility index (Phi) is 6.48. The molecule has 144 valence electrons. The zero-order chi connectivity index (χ0) is 19.2. The van der Waals surface area contributed by atoms with Gasteiger partial charge in [-0.3, -0.25) is 4.79 Å². The van der Waals surface area contributed by atoms with E-state index in [4.69, 9.17) is 4.74 Å². The Morgan fingerprint density at radius 1 is 1.07 bits per heavy atom. The average molecular weight is 369 g/mol. The Hall–Kier alpha value is -2.37. The van der Waals surface area contributed by atoms with Crippen molar-refractivity contribution in [2.75, 3.05) is 50.1 Å². The largest absolute Gasteiger partial charge is 0.378 e. The highest BCUT2D eigenvalue weighted by atomic mass is 16.5. The van der Waals surface area contributed by atoms with E-state index in [9.17, 15) is 4.79 Å². The lowest BCUT2D eigenvalue weighted by atomic mass is 10.1. The van der Waals surface area contributed by atoms with E-state index in [1.807, 2.05) is 12.1 Å². The number of carbonyl (C=O) groups excluding carboxylic acids is 1. The summed E-state index contributed by atoms with van der Waals surface area (Å²) in [6.45, 7) is 8.88. The molecule has 0 spiro atoms. The quantitative estimate of drug-likeness (QED) is 0.817. The number of nitrogens with one attached hydrogen (secondary N) is 2. The van der Waals surface area contributed by atoms with Crippen LogP contribution < -0.4 is 15.1 Å². The fourth-order valence-electron chi connectivity index (χ4n) is 3.64. The monoisotopic (exact) mass is 368 g/mol. The Bertz CT molecular complexity index is 747. The van der Waals surface area contributed by atoms with Crippen molar-refractivity contribution < 1.29 is 14.4 Å². The maximum atomic E-state index is 12.4.